The lowest BCUT2D eigenvalue weighted by molar-refractivity contribution is 0.615. The highest BCUT2D eigenvalue weighted by molar-refractivity contribution is 6.45. The summed E-state index contributed by atoms with van der Waals surface area (Å²) in [7, 11) is 1.09. The molecule has 3 aromatic rings. The minimum absolute atomic E-state index is 0.429. The van der Waals surface area contributed by atoms with Crippen LogP contribution in [0.15, 0.2) is 48.7 Å². The van der Waals surface area contributed by atoms with Crippen LogP contribution in [0, 0.1) is 11.3 Å². The Morgan fingerprint density at radius 2 is 1.95 bits per heavy atom. The van der Waals surface area contributed by atoms with Gasteiger partial charge in [-0.3, -0.25) is 0 Å². The molecule has 2 heterocycles. The Morgan fingerprint density at radius 1 is 1.15 bits per heavy atom. The first-order valence-corrected chi connectivity index (χ1v) is 6.22. The van der Waals surface area contributed by atoms with Crippen LogP contribution in [-0.4, -0.2) is 22.1 Å². The Kier molecular flexibility index (Phi) is 3.24. The molecule has 0 unspecified atom stereocenters. The van der Waals surface area contributed by atoms with E-state index in [2.05, 4.69) is 9.55 Å². The van der Waals surface area contributed by atoms with Gasteiger partial charge in [0.15, 0.2) is 0 Å². The average Bonchev–Trinajstić information content (AvgIpc) is 2.90. The molecule has 0 bridgehead atoms. The van der Waals surface area contributed by atoms with Gasteiger partial charge >= 0.3 is 7.48 Å². The molecule has 4 nitrogen and oxygen atoms in total. The van der Waals surface area contributed by atoms with Gasteiger partial charge in [-0.05, 0) is 23.8 Å². The molecule has 5 heteroatoms. The monoisotopic (exact) mass is 260 g/mol. The Morgan fingerprint density at radius 3 is 2.65 bits per heavy atom. The molecule has 0 atom stereocenters. The van der Waals surface area contributed by atoms with Crippen LogP contribution in [0.5, 0.6) is 0 Å². The molecule has 0 aliphatic carbocycles. The van der Waals surface area contributed by atoms with Gasteiger partial charge < -0.3 is 9.59 Å². The van der Waals surface area contributed by atoms with E-state index in [1.165, 1.54) is 0 Å². The standard InChI is InChI=1S/C15H11BN3O/c17-9-13-5-6-15-14(18-13)7-8-19(15)10-11-1-3-12(16-20)4-2-11/h1-8,20H,10H2. The third kappa shape index (κ3) is 2.29. The van der Waals surface area contributed by atoms with Gasteiger partial charge in [0.25, 0.3) is 0 Å². The molecule has 0 fully saturated rings. The molecule has 0 spiro atoms. The van der Waals surface area contributed by atoms with Gasteiger partial charge in [0.05, 0.1) is 11.0 Å². The summed E-state index contributed by atoms with van der Waals surface area (Å²) in [5, 5.41) is 17.8. The summed E-state index contributed by atoms with van der Waals surface area (Å²) in [5.41, 5.74) is 4.17. The molecule has 0 aliphatic rings. The third-order valence-corrected chi connectivity index (χ3v) is 3.22. The molecular weight excluding hydrogens is 249 g/mol. The van der Waals surface area contributed by atoms with Crippen molar-refractivity contribution in [2.75, 3.05) is 0 Å². The van der Waals surface area contributed by atoms with E-state index in [0.717, 1.165) is 36.1 Å². The summed E-state index contributed by atoms with van der Waals surface area (Å²) >= 11 is 0. The summed E-state index contributed by atoms with van der Waals surface area (Å²) in [6.07, 6.45) is 1.96. The zero-order chi connectivity index (χ0) is 13.9. The highest BCUT2D eigenvalue weighted by Gasteiger charge is 2.04. The first kappa shape index (κ1) is 12.5. The SMILES string of the molecule is N#Cc1ccc2c(ccn2Cc2ccc([B]O)cc2)n1. The Bertz CT molecular complexity index is 787. The number of fused-ring (bicyclic) bond motifs is 1. The number of rotatable bonds is 3. The molecule has 1 aromatic carbocycles. The number of hydrogen-bond acceptors (Lipinski definition) is 3. The smallest absolute Gasteiger partial charge is 0.326 e. The summed E-state index contributed by atoms with van der Waals surface area (Å²) in [6.45, 7) is 0.725. The molecule has 3 rings (SSSR count). The van der Waals surface area contributed by atoms with Crippen molar-refractivity contribution in [3.63, 3.8) is 0 Å². The second-order valence-electron chi connectivity index (χ2n) is 4.53. The van der Waals surface area contributed by atoms with Crippen LogP contribution in [0.1, 0.15) is 11.3 Å². The van der Waals surface area contributed by atoms with E-state index in [-0.39, 0.29) is 0 Å². The molecule has 0 aliphatic heterocycles. The van der Waals surface area contributed by atoms with E-state index >= 15 is 0 Å². The van der Waals surface area contributed by atoms with E-state index < -0.39 is 0 Å². The van der Waals surface area contributed by atoms with Crippen LogP contribution in [0.2, 0.25) is 0 Å². The zero-order valence-corrected chi connectivity index (χ0v) is 10.7. The molecule has 0 saturated heterocycles. The van der Waals surface area contributed by atoms with E-state index in [1.807, 2.05) is 48.7 Å². The average molecular weight is 260 g/mol. The van der Waals surface area contributed by atoms with E-state index in [4.69, 9.17) is 10.3 Å². The quantitative estimate of drug-likeness (QED) is 0.719. The maximum Gasteiger partial charge on any atom is 0.326 e. The van der Waals surface area contributed by atoms with Gasteiger partial charge in [0, 0.05) is 12.7 Å². The number of nitriles is 1. The summed E-state index contributed by atoms with van der Waals surface area (Å²) in [4.78, 5) is 4.26. The molecule has 1 radical (unpaired) electrons. The van der Waals surface area contributed by atoms with Gasteiger partial charge in [0.1, 0.15) is 11.8 Å². The summed E-state index contributed by atoms with van der Waals surface area (Å²) in [5.74, 6) is 0. The van der Waals surface area contributed by atoms with Crippen LogP contribution < -0.4 is 5.46 Å². The van der Waals surface area contributed by atoms with Crippen molar-refractivity contribution in [2.24, 2.45) is 0 Å². The molecule has 1 N–H and O–H groups in total. The van der Waals surface area contributed by atoms with Gasteiger partial charge in [0.2, 0.25) is 0 Å². The number of aromatic nitrogens is 2. The normalized spacial score (nSPS) is 10.4. The fourth-order valence-corrected chi connectivity index (χ4v) is 2.18. The van der Waals surface area contributed by atoms with Crippen molar-refractivity contribution >= 4 is 24.0 Å². The lowest BCUT2D eigenvalue weighted by Gasteiger charge is -2.06. The second kappa shape index (κ2) is 5.20. The predicted octanol–water partition coefficient (Wildman–Crippen LogP) is 1.19. The largest absolute Gasteiger partial charge is 0.450 e. The zero-order valence-electron chi connectivity index (χ0n) is 10.7. The minimum atomic E-state index is 0.429. The Balaban J connectivity index is 1.92. The molecule has 95 valence electrons. The molecule has 0 saturated carbocycles. The predicted molar refractivity (Wildman–Crippen MR) is 77.6 cm³/mol. The van der Waals surface area contributed by atoms with Crippen molar-refractivity contribution in [3.05, 3.63) is 59.9 Å². The summed E-state index contributed by atoms with van der Waals surface area (Å²) in [6, 6.07) is 15.3. The van der Waals surface area contributed by atoms with Crippen LogP contribution in [0.3, 0.4) is 0 Å². The van der Waals surface area contributed by atoms with Gasteiger partial charge in [-0.1, -0.05) is 29.7 Å². The number of benzene rings is 1. The topological polar surface area (TPSA) is 61.8 Å². The second-order valence-corrected chi connectivity index (χ2v) is 4.53. The van der Waals surface area contributed by atoms with E-state index in [9.17, 15) is 0 Å². The molecule has 20 heavy (non-hydrogen) atoms. The minimum Gasteiger partial charge on any atom is -0.450 e. The van der Waals surface area contributed by atoms with Gasteiger partial charge in [-0.25, -0.2) is 4.98 Å². The fraction of sp³-hybridized carbons (Fsp3) is 0.0667. The third-order valence-electron chi connectivity index (χ3n) is 3.22. The number of nitrogens with zero attached hydrogens (tertiary/aromatic N) is 3. The maximum atomic E-state index is 8.91. The highest BCUT2D eigenvalue weighted by atomic mass is 16.2. The van der Waals surface area contributed by atoms with Crippen molar-refractivity contribution < 1.29 is 5.02 Å². The molecule has 0 amide bonds. The van der Waals surface area contributed by atoms with Gasteiger partial charge in [-0.2, -0.15) is 5.26 Å². The van der Waals surface area contributed by atoms with Crippen LogP contribution in [-0.2, 0) is 6.54 Å². The first-order chi connectivity index (χ1) is 9.80. The highest BCUT2D eigenvalue weighted by Crippen LogP contribution is 2.15. The maximum absolute atomic E-state index is 8.91. The Hall–Kier alpha value is -2.58. The van der Waals surface area contributed by atoms with Crippen LogP contribution in [0.4, 0.5) is 0 Å². The first-order valence-electron chi connectivity index (χ1n) is 6.22. The van der Waals surface area contributed by atoms with Crippen molar-refractivity contribution in [1.82, 2.24) is 9.55 Å². The fourth-order valence-electron chi connectivity index (χ4n) is 2.18. The Labute approximate surface area is 117 Å². The molecular formula is C15H11BN3O. The number of hydrogen-bond donors (Lipinski definition) is 1. The van der Waals surface area contributed by atoms with Gasteiger partial charge in [-0.15, -0.1) is 0 Å². The summed E-state index contributed by atoms with van der Waals surface area (Å²) < 4.78 is 2.08. The number of pyridine rings is 1. The molecule has 2 aromatic heterocycles. The van der Waals surface area contributed by atoms with Crippen molar-refractivity contribution in [2.45, 2.75) is 6.54 Å². The van der Waals surface area contributed by atoms with Crippen molar-refractivity contribution in [1.29, 1.82) is 5.26 Å². The van der Waals surface area contributed by atoms with E-state index in [0.29, 0.717) is 5.69 Å². The van der Waals surface area contributed by atoms with Crippen LogP contribution in [0.25, 0.3) is 11.0 Å². The van der Waals surface area contributed by atoms with E-state index in [1.54, 1.807) is 6.07 Å². The van der Waals surface area contributed by atoms with Crippen molar-refractivity contribution in [3.8, 4) is 6.07 Å². The van der Waals surface area contributed by atoms with Crippen LogP contribution >= 0.6 is 0 Å². The lowest BCUT2D eigenvalue weighted by Crippen LogP contribution is -2.12. The lowest BCUT2D eigenvalue weighted by atomic mass is 9.88.